The molecule has 0 N–H and O–H groups in total. The van der Waals surface area contributed by atoms with E-state index >= 15 is 0 Å². The molecule has 2 unspecified atom stereocenters. The van der Waals surface area contributed by atoms with Gasteiger partial charge in [0.25, 0.3) is 12.3 Å². The number of ether oxygens (including phenoxy) is 1. The van der Waals surface area contributed by atoms with Crippen LogP contribution < -0.4 is 0 Å². The van der Waals surface area contributed by atoms with Gasteiger partial charge >= 0.3 is 0 Å². The zero-order valence-corrected chi connectivity index (χ0v) is 13.5. The lowest BCUT2D eigenvalue weighted by atomic mass is 10.0. The number of aromatic nitrogens is 2. The van der Waals surface area contributed by atoms with Crippen LogP contribution in [0.1, 0.15) is 41.0 Å². The largest absolute Gasteiger partial charge is 0.374 e. The quantitative estimate of drug-likeness (QED) is 0.866. The molecule has 5 nitrogen and oxygen atoms in total. The molecule has 1 aromatic carbocycles. The summed E-state index contributed by atoms with van der Waals surface area (Å²) in [6, 6.07) is 9.15. The molecule has 7 heteroatoms. The van der Waals surface area contributed by atoms with Crippen LogP contribution in [0.4, 0.5) is 8.78 Å². The van der Waals surface area contributed by atoms with Crippen molar-refractivity contribution < 1.29 is 18.3 Å². The molecule has 0 bridgehead atoms. The lowest BCUT2D eigenvalue weighted by molar-refractivity contribution is -0.0449. The van der Waals surface area contributed by atoms with Crippen molar-refractivity contribution >= 4 is 5.91 Å². The number of halogens is 2. The Bertz CT molecular complexity index is 718. The minimum Gasteiger partial charge on any atom is -0.374 e. The molecule has 1 saturated heterocycles. The molecular formula is C17H19F2N3O2. The number of aryl methyl sites for hydroxylation is 1. The number of amides is 1. The van der Waals surface area contributed by atoms with Gasteiger partial charge < -0.3 is 9.64 Å². The minimum absolute atomic E-state index is 0.0532. The van der Waals surface area contributed by atoms with Crippen molar-refractivity contribution in [3.8, 4) is 0 Å². The Morgan fingerprint density at radius 2 is 2.04 bits per heavy atom. The van der Waals surface area contributed by atoms with E-state index in [1.54, 1.807) is 4.90 Å². The molecule has 0 spiro atoms. The van der Waals surface area contributed by atoms with E-state index in [2.05, 4.69) is 5.10 Å². The number of carbonyl (C=O) groups is 1. The van der Waals surface area contributed by atoms with Crippen molar-refractivity contribution in [2.45, 2.75) is 25.5 Å². The summed E-state index contributed by atoms with van der Waals surface area (Å²) in [4.78, 5) is 14.6. The van der Waals surface area contributed by atoms with Gasteiger partial charge in [-0.3, -0.25) is 9.48 Å². The van der Waals surface area contributed by atoms with Crippen molar-refractivity contribution in [1.29, 1.82) is 0 Å². The highest BCUT2D eigenvalue weighted by atomic mass is 19.3. The third kappa shape index (κ3) is 3.03. The highest BCUT2D eigenvalue weighted by Crippen LogP contribution is 2.30. The number of nitrogens with zero attached hydrogens (tertiary/aromatic N) is 3. The Morgan fingerprint density at radius 1 is 1.33 bits per heavy atom. The first-order chi connectivity index (χ1) is 11.5. The standard InChI is InChI=1S/C17H19F2N3O2/c1-11-9-22(14(10-24-11)12-6-4-3-5-7-12)17(23)13-8-20-21(2)15(13)16(18)19/h3-8,11,14,16H,9-10H2,1-2H3. The third-order valence-electron chi connectivity index (χ3n) is 4.24. The topological polar surface area (TPSA) is 47.4 Å². The highest BCUT2D eigenvalue weighted by Gasteiger charge is 2.35. The molecule has 0 saturated carbocycles. The maximum absolute atomic E-state index is 13.3. The van der Waals surface area contributed by atoms with Crippen LogP contribution in [0, 0.1) is 0 Å². The van der Waals surface area contributed by atoms with Gasteiger partial charge in [-0.2, -0.15) is 5.10 Å². The summed E-state index contributed by atoms with van der Waals surface area (Å²) in [5, 5.41) is 3.83. The van der Waals surface area contributed by atoms with Crippen LogP contribution >= 0.6 is 0 Å². The maximum Gasteiger partial charge on any atom is 0.280 e. The summed E-state index contributed by atoms with van der Waals surface area (Å²) in [6.07, 6.45) is -1.70. The van der Waals surface area contributed by atoms with Crippen molar-refractivity contribution in [2.75, 3.05) is 13.2 Å². The van der Waals surface area contributed by atoms with Crippen LogP contribution in [-0.4, -0.2) is 39.8 Å². The van der Waals surface area contributed by atoms with E-state index in [4.69, 9.17) is 4.74 Å². The second-order valence-electron chi connectivity index (χ2n) is 5.90. The Morgan fingerprint density at radius 3 is 2.71 bits per heavy atom. The molecule has 24 heavy (non-hydrogen) atoms. The Hall–Kier alpha value is -2.28. The number of hydrogen-bond donors (Lipinski definition) is 0. The summed E-state index contributed by atoms with van der Waals surface area (Å²) >= 11 is 0. The van der Waals surface area contributed by atoms with E-state index < -0.39 is 12.3 Å². The van der Waals surface area contributed by atoms with Crippen LogP contribution in [0.15, 0.2) is 36.5 Å². The Balaban J connectivity index is 1.96. The summed E-state index contributed by atoms with van der Waals surface area (Å²) in [5.74, 6) is -0.442. The second-order valence-corrected chi connectivity index (χ2v) is 5.90. The number of morpholine rings is 1. The summed E-state index contributed by atoms with van der Waals surface area (Å²) in [5.41, 5.74) is 0.508. The average Bonchev–Trinajstić information content (AvgIpc) is 2.96. The normalized spacial score (nSPS) is 21.3. The third-order valence-corrected chi connectivity index (χ3v) is 4.24. The molecule has 1 aliphatic rings. The molecule has 1 fully saturated rings. The van der Waals surface area contributed by atoms with Gasteiger partial charge in [-0.25, -0.2) is 8.78 Å². The fourth-order valence-electron chi connectivity index (χ4n) is 3.00. The van der Waals surface area contributed by atoms with Crippen molar-refractivity contribution in [3.63, 3.8) is 0 Å². The van der Waals surface area contributed by atoms with Crippen LogP contribution in [-0.2, 0) is 11.8 Å². The molecule has 3 rings (SSSR count). The van der Waals surface area contributed by atoms with Crippen molar-refractivity contribution in [3.05, 3.63) is 53.3 Å². The molecule has 2 atom stereocenters. The van der Waals surface area contributed by atoms with Crippen LogP contribution in [0.5, 0.6) is 0 Å². The fraction of sp³-hybridized carbons (Fsp3) is 0.412. The summed E-state index contributed by atoms with van der Waals surface area (Å²) in [7, 11) is 1.41. The predicted molar refractivity (Wildman–Crippen MR) is 83.8 cm³/mol. The van der Waals surface area contributed by atoms with Gasteiger partial charge in [0.05, 0.1) is 30.5 Å². The lowest BCUT2D eigenvalue weighted by Crippen LogP contribution is -2.47. The predicted octanol–water partition coefficient (Wildman–Crippen LogP) is 2.96. The van der Waals surface area contributed by atoms with Gasteiger partial charge in [0.1, 0.15) is 5.69 Å². The first kappa shape index (κ1) is 16.6. The van der Waals surface area contributed by atoms with Gasteiger partial charge in [0.15, 0.2) is 0 Å². The van der Waals surface area contributed by atoms with E-state index in [1.807, 2.05) is 37.3 Å². The van der Waals surface area contributed by atoms with Crippen molar-refractivity contribution in [1.82, 2.24) is 14.7 Å². The van der Waals surface area contributed by atoms with E-state index in [0.717, 1.165) is 10.2 Å². The van der Waals surface area contributed by atoms with Gasteiger partial charge in [-0.15, -0.1) is 0 Å². The Kier molecular flexibility index (Phi) is 4.62. The first-order valence-electron chi connectivity index (χ1n) is 7.76. The highest BCUT2D eigenvalue weighted by molar-refractivity contribution is 5.95. The van der Waals surface area contributed by atoms with E-state index in [-0.39, 0.29) is 23.4 Å². The zero-order valence-electron chi connectivity index (χ0n) is 13.5. The lowest BCUT2D eigenvalue weighted by Gasteiger charge is -2.39. The second kappa shape index (κ2) is 6.68. The van der Waals surface area contributed by atoms with E-state index in [9.17, 15) is 13.6 Å². The summed E-state index contributed by atoms with van der Waals surface area (Å²) < 4.78 is 33.3. The molecule has 1 aromatic heterocycles. The number of carbonyl (C=O) groups excluding carboxylic acids is 1. The molecule has 0 aliphatic carbocycles. The molecule has 0 radical (unpaired) electrons. The minimum atomic E-state index is -2.76. The number of alkyl halides is 2. The van der Waals surface area contributed by atoms with Crippen LogP contribution in [0.2, 0.25) is 0 Å². The summed E-state index contributed by atoms with van der Waals surface area (Å²) in [6.45, 7) is 2.54. The maximum atomic E-state index is 13.3. The smallest absolute Gasteiger partial charge is 0.280 e. The Labute approximate surface area is 138 Å². The van der Waals surface area contributed by atoms with Gasteiger partial charge in [-0.05, 0) is 12.5 Å². The molecule has 1 amide bonds. The van der Waals surface area contributed by atoms with Gasteiger partial charge in [0, 0.05) is 13.6 Å². The fourth-order valence-corrected chi connectivity index (χ4v) is 3.00. The molecule has 2 heterocycles. The van der Waals surface area contributed by atoms with E-state index in [1.165, 1.54) is 13.2 Å². The van der Waals surface area contributed by atoms with Crippen LogP contribution in [0.3, 0.4) is 0 Å². The molecule has 1 aliphatic heterocycles. The number of hydrogen-bond acceptors (Lipinski definition) is 3. The zero-order chi connectivity index (χ0) is 17.3. The molecule has 128 valence electrons. The van der Waals surface area contributed by atoms with Gasteiger partial charge in [-0.1, -0.05) is 30.3 Å². The number of rotatable bonds is 3. The van der Waals surface area contributed by atoms with Crippen molar-refractivity contribution in [2.24, 2.45) is 7.05 Å². The first-order valence-corrected chi connectivity index (χ1v) is 7.76. The van der Waals surface area contributed by atoms with E-state index in [0.29, 0.717) is 13.2 Å². The SMILES string of the molecule is CC1CN(C(=O)c2cnn(C)c2C(F)F)C(c2ccccc2)CO1. The average molecular weight is 335 g/mol. The molecular weight excluding hydrogens is 316 g/mol. The van der Waals surface area contributed by atoms with Gasteiger partial charge in [0.2, 0.25) is 0 Å². The monoisotopic (exact) mass is 335 g/mol. The number of benzene rings is 1. The van der Waals surface area contributed by atoms with Crippen LogP contribution in [0.25, 0.3) is 0 Å². The molecule has 2 aromatic rings.